The maximum absolute atomic E-state index is 11.8. The van der Waals surface area contributed by atoms with Crippen LogP contribution >= 0.6 is 0 Å². The number of nitrogens with zero attached hydrogens (tertiary/aromatic N) is 1. The molecule has 0 unspecified atom stereocenters. The number of piperidine rings is 1. The number of nitrogens with two attached hydrogens (primary N) is 1. The van der Waals surface area contributed by atoms with Gasteiger partial charge in [-0.3, -0.25) is 4.79 Å². The minimum Gasteiger partial charge on any atom is -0.338 e. The summed E-state index contributed by atoms with van der Waals surface area (Å²) in [6, 6.07) is 0.0179. The summed E-state index contributed by atoms with van der Waals surface area (Å²) in [7, 11) is 0. The Hall–Kier alpha value is -0.570. The summed E-state index contributed by atoms with van der Waals surface area (Å²) in [6.45, 7) is 6.98. The van der Waals surface area contributed by atoms with Crippen LogP contribution in [0, 0.1) is 5.92 Å². The number of rotatable bonds is 2. The maximum atomic E-state index is 11.8. The molecule has 3 nitrogen and oxygen atoms in total. The van der Waals surface area contributed by atoms with E-state index in [9.17, 15) is 4.79 Å². The molecule has 2 N–H and O–H groups in total. The van der Waals surface area contributed by atoms with Gasteiger partial charge in [-0.15, -0.1) is 0 Å². The minimum absolute atomic E-state index is 0.107. The molecule has 3 heteroatoms. The zero-order valence-electron chi connectivity index (χ0n) is 9.49. The molecule has 3 atom stereocenters. The zero-order chi connectivity index (χ0) is 10.7. The second-order valence-corrected chi connectivity index (χ2v) is 4.48. The van der Waals surface area contributed by atoms with Crippen LogP contribution < -0.4 is 5.73 Å². The first-order valence-corrected chi connectivity index (χ1v) is 5.62. The summed E-state index contributed by atoms with van der Waals surface area (Å²) < 4.78 is 0. The van der Waals surface area contributed by atoms with E-state index in [1.54, 1.807) is 6.92 Å². The number of hydrogen-bond acceptors (Lipinski definition) is 2. The molecule has 0 radical (unpaired) electrons. The van der Waals surface area contributed by atoms with E-state index in [-0.39, 0.29) is 11.9 Å². The van der Waals surface area contributed by atoms with E-state index < -0.39 is 0 Å². The fraction of sp³-hybridized carbons (Fsp3) is 0.909. The highest BCUT2D eigenvalue weighted by atomic mass is 16.2. The Morgan fingerprint density at radius 2 is 2.21 bits per heavy atom. The van der Waals surface area contributed by atoms with Gasteiger partial charge >= 0.3 is 0 Å². The summed E-state index contributed by atoms with van der Waals surface area (Å²) in [4.78, 5) is 13.7. The van der Waals surface area contributed by atoms with E-state index in [1.807, 2.05) is 4.90 Å². The quantitative estimate of drug-likeness (QED) is 0.728. The van der Waals surface area contributed by atoms with Gasteiger partial charge in [-0.2, -0.15) is 0 Å². The Balaban J connectivity index is 2.60. The average Bonchev–Trinajstić information content (AvgIpc) is 2.17. The molecule has 1 heterocycles. The maximum Gasteiger partial charge on any atom is 0.239 e. The van der Waals surface area contributed by atoms with Crippen molar-refractivity contribution in [2.24, 2.45) is 11.7 Å². The molecule has 1 amide bonds. The normalized spacial score (nSPS) is 30.1. The van der Waals surface area contributed by atoms with Gasteiger partial charge in [-0.05, 0) is 32.6 Å². The molecule has 1 fully saturated rings. The van der Waals surface area contributed by atoms with Crippen LogP contribution in [0.25, 0.3) is 0 Å². The van der Waals surface area contributed by atoms with Crippen molar-refractivity contribution < 1.29 is 4.79 Å². The van der Waals surface area contributed by atoms with Crippen LogP contribution in [0.4, 0.5) is 0 Å². The van der Waals surface area contributed by atoms with Gasteiger partial charge < -0.3 is 10.6 Å². The first-order chi connectivity index (χ1) is 6.56. The van der Waals surface area contributed by atoms with Crippen molar-refractivity contribution in [3.05, 3.63) is 0 Å². The molecule has 82 valence electrons. The molecule has 1 rings (SSSR count). The molecule has 0 saturated carbocycles. The summed E-state index contributed by atoms with van der Waals surface area (Å²) >= 11 is 0. The molecule has 1 aliphatic rings. The lowest BCUT2D eigenvalue weighted by atomic mass is 9.91. The van der Waals surface area contributed by atoms with Crippen LogP contribution in [0.5, 0.6) is 0 Å². The number of carbonyl (C=O) groups is 1. The highest BCUT2D eigenvalue weighted by Gasteiger charge is 2.29. The van der Waals surface area contributed by atoms with Crippen LogP contribution in [0.3, 0.4) is 0 Å². The molecule has 14 heavy (non-hydrogen) atoms. The Morgan fingerprint density at radius 1 is 1.57 bits per heavy atom. The van der Waals surface area contributed by atoms with E-state index >= 15 is 0 Å². The number of likely N-dealkylation sites (tertiary alicyclic amines) is 1. The van der Waals surface area contributed by atoms with Crippen molar-refractivity contribution in [2.45, 2.75) is 52.1 Å². The van der Waals surface area contributed by atoms with Gasteiger partial charge in [-0.25, -0.2) is 0 Å². The number of carbonyl (C=O) groups excluding carboxylic acids is 1. The van der Waals surface area contributed by atoms with Crippen LogP contribution in [-0.2, 0) is 4.79 Å². The molecule has 1 aliphatic heterocycles. The van der Waals surface area contributed by atoms with Gasteiger partial charge in [0.05, 0.1) is 6.04 Å². The predicted molar refractivity (Wildman–Crippen MR) is 57.8 cm³/mol. The van der Waals surface area contributed by atoms with Crippen molar-refractivity contribution in [1.29, 1.82) is 0 Å². The van der Waals surface area contributed by atoms with Gasteiger partial charge in [-0.1, -0.05) is 13.3 Å². The van der Waals surface area contributed by atoms with Crippen molar-refractivity contribution in [3.8, 4) is 0 Å². The molecule has 0 spiro atoms. The van der Waals surface area contributed by atoms with Crippen molar-refractivity contribution in [2.75, 3.05) is 6.54 Å². The topological polar surface area (TPSA) is 46.3 Å². The van der Waals surface area contributed by atoms with E-state index in [1.165, 1.54) is 6.42 Å². The third kappa shape index (κ3) is 2.47. The first-order valence-electron chi connectivity index (χ1n) is 5.62. The van der Waals surface area contributed by atoms with Crippen LogP contribution in [0.15, 0.2) is 0 Å². The zero-order valence-corrected chi connectivity index (χ0v) is 9.49. The fourth-order valence-electron chi connectivity index (χ4n) is 2.08. The Morgan fingerprint density at radius 3 is 2.71 bits per heavy atom. The lowest BCUT2D eigenvalue weighted by Crippen LogP contribution is -2.50. The van der Waals surface area contributed by atoms with Crippen molar-refractivity contribution >= 4 is 5.91 Å². The van der Waals surface area contributed by atoms with Crippen LogP contribution in [0.2, 0.25) is 0 Å². The predicted octanol–water partition coefficient (Wildman–Crippen LogP) is 1.37. The molecule has 0 aromatic rings. The lowest BCUT2D eigenvalue weighted by molar-refractivity contribution is -0.136. The minimum atomic E-state index is -0.354. The second kappa shape index (κ2) is 4.78. The highest BCUT2D eigenvalue weighted by molar-refractivity contribution is 5.81. The largest absolute Gasteiger partial charge is 0.338 e. The summed E-state index contributed by atoms with van der Waals surface area (Å²) in [5.74, 6) is 0.782. The van der Waals surface area contributed by atoms with Gasteiger partial charge in [0.25, 0.3) is 0 Å². The third-order valence-corrected chi connectivity index (χ3v) is 3.23. The van der Waals surface area contributed by atoms with E-state index in [0.29, 0.717) is 12.0 Å². The van der Waals surface area contributed by atoms with Crippen molar-refractivity contribution in [1.82, 2.24) is 4.90 Å². The molecular weight excluding hydrogens is 176 g/mol. The Kier molecular flexibility index (Phi) is 3.93. The van der Waals surface area contributed by atoms with E-state index in [2.05, 4.69) is 13.8 Å². The molecule has 0 aliphatic carbocycles. The summed E-state index contributed by atoms with van der Waals surface area (Å²) in [5.41, 5.74) is 5.62. The fourth-order valence-corrected chi connectivity index (χ4v) is 2.08. The van der Waals surface area contributed by atoms with Gasteiger partial charge in [0.1, 0.15) is 0 Å². The second-order valence-electron chi connectivity index (χ2n) is 4.48. The van der Waals surface area contributed by atoms with Gasteiger partial charge in [0.15, 0.2) is 0 Å². The number of hydrogen-bond donors (Lipinski definition) is 1. The molecule has 1 saturated heterocycles. The third-order valence-electron chi connectivity index (χ3n) is 3.23. The van der Waals surface area contributed by atoms with Gasteiger partial charge in [0.2, 0.25) is 5.91 Å². The smallest absolute Gasteiger partial charge is 0.239 e. The SMILES string of the molecule is CC[C@@H]1CC[C@H](C)N(C(=O)[C@H](C)N)C1. The summed E-state index contributed by atoms with van der Waals surface area (Å²) in [6.07, 6.45) is 3.53. The van der Waals surface area contributed by atoms with E-state index in [0.717, 1.165) is 19.4 Å². The molecule has 0 aromatic carbocycles. The Labute approximate surface area is 86.6 Å². The van der Waals surface area contributed by atoms with Crippen LogP contribution in [-0.4, -0.2) is 29.4 Å². The van der Waals surface area contributed by atoms with Crippen molar-refractivity contribution in [3.63, 3.8) is 0 Å². The van der Waals surface area contributed by atoms with E-state index in [4.69, 9.17) is 5.73 Å². The molecule has 0 bridgehead atoms. The molecular formula is C11H22N2O. The van der Waals surface area contributed by atoms with Gasteiger partial charge in [0, 0.05) is 12.6 Å². The lowest BCUT2D eigenvalue weighted by Gasteiger charge is -2.38. The molecule has 0 aromatic heterocycles. The monoisotopic (exact) mass is 198 g/mol. The van der Waals surface area contributed by atoms with Crippen LogP contribution in [0.1, 0.15) is 40.0 Å². The number of amides is 1. The summed E-state index contributed by atoms with van der Waals surface area (Å²) in [5, 5.41) is 0. The average molecular weight is 198 g/mol. The highest BCUT2D eigenvalue weighted by Crippen LogP contribution is 2.24. The standard InChI is InChI=1S/C11H22N2O/c1-4-10-6-5-8(2)13(7-10)11(14)9(3)12/h8-10H,4-7,12H2,1-3H3/t8-,9-,10+/m0/s1. The first kappa shape index (κ1) is 11.5. The Bertz CT molecular complexity index is 203.